The molecule has 1 saturated carbocycles. The zero-order chi connectivity index (χ0) is 24.5. The fraction of sp³-hybridized carbons (Fsp3) is 0.360. The summed E-state index contributed by atoms with van der Waals surface area (Å²) >= 11 is 0. The average Bonchev–Trinajstić information content (AvgIpc) is 3.04. The van der Waals surface area contributed by atoms with Crippen LogP contribution >= 0.6 is 0 Å². The van der Waals surface area contributed by atoms with Crippen molar-refractivity contribution in [1.82, 2.24) is 9.80 Å². The first-order valence-electron chi connectivity index (χ1n) is 11.2. The molecule has 7 nitrogen and oxygen atoms in total. The van der Waals surface area contributed by atoms with Crippen LogP contribution in [0.4, 0.5) is 14.5 Å². The summed E-state index contributed by atoms with van der Waals surface area (Å²) in [5, 5.41) is 2.47. The second kappa shape index (κ2) is 9.32. The Labute approximate surface area is 196 Å². The highest BCUT2D eigenvalue weighted by molar-refractivity contribution is 6.47. The van der Waals surface area contributed by atoms with Gasteiger partial charge in [-0.3, -0.25) is 19.4 Å². The number of halogens is 2. The van der Waals surface area contributed by atoms with E-state index in [1.807, 2.05) is 0 Å². The molecule has 1 aliphatic heterocycles. The average molecular weight is 469 g/mol. The molecule has 1 heterocycles. The van der Waals surface area contributed by atoms with Gasteiger partial charge in [-0.05, 0) is 49.9 Å². The standard InChI is InChI=1S/C25H26F2N4O3/c1-30(2)23(33)17-8-6-16(7-9-17)22-24(34)31(25(29-22)10-4-3-5-11-25)15-21(32)28-20-13-18(26)12-19(27)14-20/h6-9,12-14H,3-5,10-11,15H2,1-2H3,(H,28,32). The molecule has 3 amide bonds. The van der Waals surface area contributed by atoms with Crippen LogP contribution in [0.15, 0.2) is 47.5 Å². The number of benzene rings is 2. The molecule has 0 atom stereocenters. The molecule has 178 valence electrons. The van der Waals surface area contributed by atoms with Gasteiger partial charge in [0.05, 0.1) is 0 Å². The summed E-state index contributed by atoms with van der Waals surface area (Å²) < 4.78 is 27.0. The fourth-order valence-electron chi connectivity index (χ4n) is 4.54. The van der Waals surface area contributed by atoms with Crippen LogP contribution in [0.3, 0.4) is 0 Å². The van der Waals surface area contributed by atoms with Gasteiger partial charge in [0.2, 0.25) is 5.91 Å². The smallest absolute Gasteiger partial charge is 0.275 e. The number of nitrogens with zero attached hydrogens (tertiary/aromatic N) is 3. The van der Waals surface area contributed by atoms with Crippen molar-refractivity contribution in [1.29, 1.82) is 0 Å². The number of aliphatic imine (C=N–C) groups is 1. The number of carbonyl (C=O) groups is 3. The van der Waals surface area contributed by atoms with E-state index in [9.17, 15) is 23.2 Å². The van der Waals surface area contributed by atoms with Gasteiger partial charge in [0.15, 0.2) is 0 Å². The van der Waals surface area contributed by atoms with Crippen LogP contribution in [-0.4, -0.2) is 59.5 Å². The zero-order valence-corrected chi connectivity index (χ0v) is 19.1. The summed E-state index contributed by atoms with van der Waals surface area (Å²) in [6.07, 6.45) is 4.01. The Kier molecular flexibility index (Phi) is 6.45. The van der Waals surface area contributed by atoms with Crippen molar-refractivity contribution in [3.8, 4) is 0 Å². The highest BCUT2D eigenvalue weighted by atomic mass is 19.1. The predicted octanol–water partition coefficient (Wildman–Crippen LogP) is 3.60. The second-order valence-electron chi connectivity index (χ2n) is 8.88. The number of hydrogen-bond donors (Lipinski definition) is 1. The molecule has 1 spiro atoms. The fourth-order valence-corrected chi connectivity index (χ4v) is 4.54. The summed E-state index contributed by atoms with van der Waals surface area (Å²) in [5.74, 6) is -2.71. The SMILES string of the molecule is CN(C)C(=O)c1ccc(C2=NC3(CCCCC3)N(CC(=O)Nc3cc(F)cc(F)c3)C2=O)cc1. The van der Waals surface area contributed by atoms with Crippen molar-refractivity contribution < 1.29 is 23.2 Å². The molecule has 2 aliphatic rings. The van der Waals surface area contributed by atoms with Gasteiger partial charge in [-0.2, -0.15) is 0 Å². The van der Waals surface area contributed by atoms with E-state index in [1.54, 1.807) is 38.4 Å². The minimum Gasteiger partial charge on any atom is -0.345 e. The molecule has 1 aliphatic carbocycles. The summed E-state index contributed by atoms with van der Waals surface area (Å²) in [7, 11) is 3.32. The van der Waals surface area contributed by atoms with Gasteiger partial charge in [-0.15, -0.1) is 0 Å². The molecule has 9 heteroatoms. The number of nitrogens with one attached hydrogen (secondary N) is 1. The molecule has 0 aromatic heterocycles. The largest absolute Gasteiger partial charge is 0.345 e. The minimum atomic E-state index is -0.826. The quantitative estimate of drug-likeness (QED) is 0.728. The summed E-state index contributed by atoms with van der Waals surface area (Å²) in [6.45, 7) is -0.291. The third kappa shape index (κ3) is 4.69. The van der Waals surface area contributed by atoms with Crippen LogP contribution < -0.4 is 5.32 Å². The maximum absolute atomic E-state index is 13.5. The molecular formula is C25H26F2N4O3. The van der Waals surface area contributed by atoms with E-state index >= 15 is 0 Å². The van der Waals surface area contributed by atoms with Crippen molar-refractivity contribution in [3.05, 3.63) is 65.2 Å². The Morgan fingerprint density at radius 1 is 1.03 bits per heavy atom. The van der Waals surface area contributed by atoms with Gasteiger partial charge in [-0.25, -0.2) is 8.78 Å². The molecule has 34 heavy (non-hydrogen) atoms. The lowest BCUT2D eigenvalue weighted by Gasteiger charge is -2.38. The number of rotatable bonds is 5. The van der Waals surface area contributed by atoms with Crippen molar-refractivity contribution >= 4 is 29.1 Å². The number of anilines is 1. The molecule has 2 aromatic carbocycles. The molecule has 0 radical (unpaired) electrons. The van der Waals surface area contributed by atoms with Gasteiger partial charge in [0.25, 0.3) is 11.8 Å². The molecule has 0 saturated heterocycles. The van der Waals surface area contributed by atoms with Crippen LogP contribution in [0.2, 0.25) is 0 Å². The Morgan fingerprint density at radius 2 is 1.65 bits per heavy atom. The van der Waals surface area contributed by atoms with Crippen molar-refractivity contribution in [2.45, 2.75) is 37.8 Å². The summed E-state index contributed by atoms with van der Waals surface area (Å²) in [4.78, 5) is 46.1. The minimum absolute atomic E-state index is 0.0193. The maximum atomic E-state index is 13.5. The summed E-state index contributed by atoms with van der Waals surface area (Å²) in [5.41, 5.74) is 0.462. The molecule has 1 fully saturated rings. The monoisotopic (exact) mass is 468 g/mol. The lowest BCUT2D eigenvalue weighted by Crippen LogP contribution is -2.51. The van der Waals surface area contributed by atoms with Gasteiger partial charge in [0.1, 0.15) is 29.6 Å². The van der Waals surface area contributed by atoms with Gasteiger partial charge >= 0.3 is 0 Å². The molecule has 0 bridgehead atoms. The van der Waals surface area contributed by atoms with Crippen LogP contribution in [-0.2, 0) is 9.59 Å². The first kappa shape index (κ1) is 23.5. The van der Waals surface area contributed by atoms with E-state index in [-0.39, 0.29) is 29.8 Å². The van der Waals surface area contributed by atoms with E-state index in [0.717, 1.165) is 31.4 Å². The Balaban J connectivity index is 1.58. The second-order valence-corrected chi connectivity index (χ2v) is 8.88. The highest BCUT2D eigenvalue weighted by Crippen LogP contribution is 2.39. The lowest BCUT2D eigenvalue weighted by molar-refractivity contribution is -0.134. The maximum Gasteiger partial charge on any atom is 0.275 e. The van der Waals surface area contributed by atoms with Crippen molar-refractivity contribution in [2.75, 3.05) is 26.0 Å². The normalized spacial score (nSPS) is 17.0. The number of amides is 3. The first-order valence-corrected chi connectivity index (χ1v) is 11.2. The molecule has 1 N–H and O–H groups in total. The molecule has 4 rings (SSSR count). The van der Waals surface area contributed by atoms with Crippen molar-refractivity contribution in [2.24, 2.45) is 4.99 Å². The third-order valence-electron chi connectivity index (χ3n) is 6.18. The first-order chi connectivity index (χ1) is 16.2. The molecule has 0 unspecified atom stereocenters. The number of carbonyl (C=O) groups excluding carboxylic acids is 3. The molecular weight excluding hydrogens is 442 g/mol. The van der Waals surface area contributed by atoms with E-state index in [1.165, 1.54) is 9.80 Å². The van der Waals surface area contributed by atoms with E-state index in [2.05, 4.69) is 5.32 Å². The van der Waals surface area contributed by atoms with Gasteiger partial charge in [-0.1, -0.05) is 18.6 Å². The lowest BCUT2D eigenvalue weighted by atomic mass is 9.88. The third-order valence-corrected chi connectivity index (χ3v) is 6.18. The zero-order valence-electron chi connectivity index (χ0n) is 19.1. The Morgan fingerprint density at radius 3 is 2.24 bits per heavy atom. The van der Waals surface area contributed by atoms with E-state index in [0.29, 0.717) is 30.0 Å². The van der Waals surface area contributed by atoms with Crippen molar-refractivity contribution in [3.63, 3.8) is 0 Å². The Hall–Kier alpha value is -3.62. The summed E-state index contributed by atoms with van der Waals surface area (Å²) in [6, 6.07) is 9.41. The van der Waals surface area contributed by atoms with Crippen LogP contribution in [0.5, 0.6) is 0 Å². The topological polar surface area (TPSA) is 82.1 Å². The van der Waals surface area contributed by atoms with E-state index in [4.69, 9.17) is 4.99 Å². The van der Waals surface area contributed by atoms with Gasteiger partial charge in [0, 0.05) is 37.0 Å². The number of hydrogen-bond acceptors (Lipinski definition) is 4. The highest BCUT2D eigenvalue weighted by Gasteiger charge is 2.48. The van der Waals surface area contributed by atoms with Crippen LogP contribution in [0, 0.1) is 11.6 Å². The molecule has 2 aromatic rings. The van der Waals surface area contributed by atoms with Gasteiger partial charge < -0.3 is 15.1 Å². The van der Waals surface area contributed by atoms with Crippen LogP contribution in [0.1, 0.15) is 48.0 Å². The van der Waals surface area contributed by atoms with Crippen LogP contribution in [0.25, 0.3) is 0 Å². The predicted molar refractivity (Wildman–Crippen MR) is 124 cm³/mol. The van der Waals surface area contributed by atoms with E-state index < -0.39 is 23.2 Å². The Bertz CT molecular complexity index is 1140.